The van der Waals surface area contributed by atoms with Crippen LogP contribution in [0.25, 0.3) is 11.1 Å². The molecule has 2 aromatic rings. The van der Waals surface area contributed by atoms with Gasteiger partial charge in [-0.25, -0.2) is 0 Å². The molecular formula is C29H37NO8. The van der Waals surface area contributed by atoms with E-state index in [0.717, 1.165) is 22.4 Å². The third kappa shape index (κ3) is 5.67. The Balaban J connectivity index is 1.44. The number of hydrogen-bond acceptors (Lipinski definition) is 7. The Kier molecular flexibility index (Phi) is 8.06. The molecule has 1 atom stereocenters. The van der Waals surface area contributed by atoms with Crippen molar-refractivity contribution in [2.75, 3.05) is 34.4 Å². The maximum atomic E-state index is 13.0. The first-order chi connectivity index (χ1) is 18.1. The summed E-state index contributed by atoms with van der Waals surface area (Å²) in [4.78, 5) is 26.0. The van der Waals surface area contributed by atoms with E-state index < -0.39 is 17.2 Å². The average molecular weight is 528 g/mol. The van der Waals surface area contributed by atoms with Crippen molar-refractivity contribution in [3.63, 3.8) is 0 Å². The Bertz CT molecular complexity index is 1160. The van der Waals surface area contributed by atoms with Gasteiger partial charge in [0.25, 0.3) is 0 Å². The van der Waals surface area contributed by atoms with Crippen LogP contribution >= 0.6 is 0 Å². The molecule has 38 heavy (non-hydrogen) atoms. The number of aliphatic carboxylic acids is 1. The standard InChI is InChI=1S/C29H37NO8/c1-6-28(2,17-26(32)33)16-25(31)30-11-9-29(10-12-30)37-18-21-13-19(7-8-22(21)38-29)20-14-23(34-3)27(36-5)24(15-20)35-4/h7-8,13-15H,6,9-12,16-18H2,1-5H3,(H,32,33). The number of benzene rings is 2. The van der Waals surface area contributed by atoms with Crippen LogP contribution in [0.3, 0.4) is 0 Å². The van der Waals surface area contributed by atoms with Gasteiger partial charge in [-0.2, -0.15) is 0 Å². The van der Waals surface area contributed by atoms with Crippen LogP contribution in [0.4, 0.5) is 0 Å². The molecule has 0 radical (unpaired) electrons. The van der Waals surface area contributed by atoms with Crippen LogP contribution < -0.4 is 18.9 Å². The number of likely N-dealkylation sites (tertiary alicyclic amines) is 1. The van der Waals surface area contributed by atoms with Gasteiger partial charge in [0.2, 0.25) is 17.4 Å². The SMILES string of the molecule is CCC(C)(CC(=O)O)CC(=O)N1CCC2(CC1)OCc1cc(-c3cc(OC)c(OC)c(OC)c3)ccc1O2. The van der Waals surface area contributed by atoms with E-state index in [1.54, 1.807) is 26.2 Å². The van der Waals surface area contributed by atoms with Crippen LogP contribution in [0.1, 0.15) is 51.5 Å². The average Bonchev–Trinajstić information content (AvgIpc) is 2.91. The van der Waals surface area contributed by atoms with Crippen LogP contribution in [0.5, 0.6) is 23.0 Å². The van der Waals surface area contributed by atoms with Gasteiger partial charge in [0.1, 0.15) is 5.75 Å². The first-order valence-corrected chi connectivity index (χ1v) is 12.9. The van der Waals surface area contributed by atoms with Crippen LogP contribution in [0.2, 0.25) is 0 Å². The molecule has 0 saturated carbocycles. The van der Waals surface area contributed by atoms with Crippen LogP contribution in [0, 0.1) is 5.41 Å². The molecule has 2 heterocycles. The molecule has 1 saturated heterocycles. The lowest BCUT2D eigenvalue weighted by atomic mass is 9.80. The summed E-state index contributed by atoms with van der Waals surface area (Å²) in [5, 5.41) is 9.23. The van der Waals surface area contributed by atoms with Gasteiger partial charge >= 0.3 is 5.97 Å². The maximum absolute atomic E-state index is 13.0. The lowest BCUT2D eigenvalue weighted by Gasteiger charge is -2.44. The number of piperidine rings is 1. The van der Waals surface area contributed by atoms with Gasteiger partial charge in [-0.3, -0.25) is 9.59 Å². The topological polar surface area (TPSA) is 104 Å². The van der Waals surface area contributed by atoms with E-state index in [-0.39, 0.29) is 18.7 Å². The molecule has 2 aromatic carbocycles. The number of carbonyl (C=O) groups excluding carboxylic acids is 1. The smallest absolute Gasteiger partial charge is 0.303 e. The zero-order chi connectivity index (χ0) is 27.5. The Morgan fingerprint density at radius 1 is 1.00 bits per heavy atom. The van der Waals surface area contributed by atoms with Gasteiger partial charge in [-0.05, 0) is 47.2 Å². The lowest BCUT2D eigenvalue weighted by molar-refractivity contribution is -0.227. The van der Waals surface area contributed by atoms with Crippen LogP contribution in [-0.2, 0) is 20.9 Å². The fraction of sp³-hybridized carbons (Fsp3) is 0.517. The highest BCUT2D eigenvalue weighted by Gasteiger charge is 2.42. The fourth-order valence-corrected chi connectivity index (χ4v) is 5.16. The van der Waals surface area contributed by atoms with Crippen molar-refractivity contribution in [3.05, 3.63) is 35.9 Å². The molecule has 0 aromatic heterocycles. The number of carboxylic acid groups (broad SMARTS) is 1. The van der Waals surface area contributed by atoms with Crippen molar-refractivity contribution < 1.29 is 38.4 Å². The number of ether oxygens (including phenoxy) is 5. The summed E-state index contributed by atoms with van der Waals surface area (Å²) in [5.74, 6) is 0.799. The molecule has 4 rings (SSSR count). The van der Waals surface area contributed by atoms with Gasteiger partial charge < -0.3 is 33.7 Å². The highest BCUT2D eigenvalue weighted by molar-refractivity contribution is 5.78. The monoisotopic (exact) mass is 527 g/mol. The predicted molar refractivity (Wildman–Crippen MR) is 141 cm³/mol. The fourth-order valence-electron chi connectivity index (χ4n) is 5.16. The second-order valence-corrected chi connectivity index (χ2v) is 10.3. The van der Waals surface area contributed by atoms with Crippen molar-refractivity contribution in [1.29, 1.82) is 0 Å². The zero-order valence-corrected chi connectivity index (χ0v) is 22.8. The van der Waals surface area contributed by atoms with E-state index in [2.05, 4.69) is 0 Å². The Morgan fingerprint density at radius 2 is 1.66 bits per heavy atom. The largest absolute Gasteiger partial charge is 0.493 e. The quantitative estimate of drug-likeness (QED) is 0.492. The molecule has 0 bridgehead atoms. The summed E-state index contributed by atoms with van der Waals surface area (Å²) in [6.45, 7) is 5.19. The summed E-state index contributed by atoms with van der Waals surface area (Å²) in [6, 6.07) is 9.79. The van der Waals surface area contributed by atoms with E-state index in [1.807, 2.05) is 44.2 Å². The highest BCUT2D eigenvalue weighted by atomic mass is 16.7. The van der Waals surface area contributed by atoms with Crippen molar-refractivity contribution >= 4 is 11.9 Å². The molecule has 9 heteroatoms. The maximum Gasteiger partial charge on any atom is 0.303 e. The second kappa shape index (κ2) is 11.1. The Labute approximate surface area is 223 Å². The summed E-state index contributed by atoms with van der Waals surface area (Å²) in [6.07, 6.45) is 1.93. The third-order valence-electron chi connectivity index (χ3n) is 7.73. The van der Waals surface area contributed by atoms with Gasteiger partial charge in [0.15, 0.2) is 11.5 Å². The number of carboxylic acids is 1. The molecule has 0 aliphatic carbocycles. The lowest BCUT2D eigenvalue weighted by Crippen LogP contribution is -2.53. The summed E-state index contributed by atoms with van der Waals surface area (Å²) in [7, 11) is 4.75. The zero-order valence-electron chi connectivity index (χ0n) is 22.8. The number of nitrogens with zero attached hydrogens (tertiary/aromatic N) is 1. The van der Waals surface area contributed by atoms with Gasteiger partial charge in [0, 0.05) is 37.9 Å². The number of carbonyl (C=O) groups is 2. The number of amides is 1. The highest BCUT2D eigenvalue weighted by Crippen LogP contribution is 2.43. The van der Waals surface area contributed by atoms with E-state index in [0.29, 0.717) is 56.2 Å². The minimum Gasteiger partial charge on any atom is -0.493 e. The van der Waals surface area contributed by atoms with Crippen molar-refractivity contribution in [2.45, 2.75) is 58.3 Å². The molecule has 1 N–H and O–H groups in total. The summed E-state index contributed by atoms with van der Waals surface area (Å²) >= 11 is 0. The number of hydrogen-bond donors (Lipinski definition) is 1. The van der Waals surface area contributed by atoms with Crippen molar-refractivity contribution in [2.24, 2.45) is 5.41 Å². The van der Waals surface area contributed by atoms with E-state index in [1.165, 1.54) is 0 Å². The number of fused-ring (bicyclic) bond motifs is 1. The van der Waals surface area contributed by atoms with E-state index >= 15 is 0 Å². The van der Waals surface area contributed by atoms with Crippen molar-refractivity contribution in [1.82, 2.24) is 4.90 Å². The predicted octanol–water partition coefficient (Wildman–Crippen LogP) is 4.89. The van der Waals surface area contributed by atoms with Gasteiger partial charge in [-0.1, -0.05) is 19.9 Å². The minimum atomic E-state index is -0.879. The molecule has 2 aliphatic rings. The van der Waals surface area contributed by atoms with Crippen LogP contribution in [0.15, 0.2) is 30.3 Å². The molecule has 206 valence electrons. The van der Waals surface area contributed by atoms with Crippen LogP contribution in [-0.4, -0.2) is 62.1 Å². The Hall–Kier alpha value is -3.46. The molecule has 9 nitrogen and oxygen atoms in total. The minimum absolute atomic E-state index is 0.0170. The summed E-state index contributed by atoms with van der Waals surface area (Å²) in [5.41, 5.74) is 2.26. The first kappa shape index (κ1) is 27.6. The second-order valence-electron chi connectivity index (χ2n) is 10.3. The number of methoxy groups -OCH3 is 3. The van der Waals surface area contributed by atoms with E-state index in [4.69, 9.17) is 23.7 Å². The van der Waals surface area contributed by atoms with Gasteiger partial charge in [0.05, 0.1) is 34.4 Å². The first-order valence-electron chi connectivity index (χ1n) is 12.9. The van der Waals surface area contributed by atoms with Crippen molar-refractivity contribution in [3.8, 4) is 34.1 Å². The normalized spacial score (nSPS) is 17.7. The molecule has 1 unspecified atom stereocenters. The molecule has 1 spiro atoms. The molecule has 1 fully saturated rings. The molecular weight excluding hydrogens is 490 g/mol. The molecule has 2 aliphatic heterocycles. The van der Waals surface area contributed by atoms with E-state index in [9.17, 15) is 14.7 Å². The molecule has 1 amide bonds. The third-order valence-corrected chi connectivity index (χ3v) is 7.73. The summed E-state index contributed by atoms with van der Waals surface area (Å²) < 4.78 is 29.0. The Morgan fingerprint density at radius 3 is 2.21 bits per heavy atom. The van der Waals surface area contributed by atoms with Gasteiger partial charge in [-0.15, -0.1) is 0 Å². The number of rotatable bonds is 9.